The molecule has 0 bridgehead atoms. The molecule has 0 aromatic heterocycles. The van der Waals surface area contributed by atoms with Crippen molar-refractivity contribution >= 4 is 5.97 Å². The van der Waals surface area contributed by atoms with Crippen LogP contribution < -0.4 is 0 Å². The Kier molecular flexibility index (Phi) is 4.43. The number of carboxylic acid groups (broad SMARTS) is 1. The highest BCUT2D eigenvalue weighted by Gasteiger charge is 2.38. The van der Waals surface area contributed by atoms with Gasteiger partial charge in [-0.25, -0.2) is 0 Å². The third-order valence-corrected chi connectivity index (χ3v) is 4.53. The van der Waals surface area contributed by atoms with Gasteiger partial charge in [-0.3, -0.25) is 9.69 Å². The van der Waals surface area contributed by atoms with Gasteiger partial charge in [0.1, 0.15) is 6.04 Å². The largest absolute Gasteiger partial charge is 0.480 e. The van der Waals surface area contributed by atoms with Crippen LogP contribution in [0.25, 0.3) is 0 Å². The second-order valence-electron chi connectivity index (χ2n) is 5.63. The second-order valence-corrected chi connectivity index (χ2v) is 5.63. The lowest BCUT2D eigenvalue weighted by atomic mass is 9.94. The molecule has 3 heteroatoms. The molecule has 0 aromatic carbocycles. The summed E-state index contributed by atoms with van der Waals surface area (Å²) in [5, 5.41) is 9.38. The summed E-state index contributed by atoms with van der Waals surface area (Å²) < 4.78 is 0. The van der Waals surface area contributed by atoms with E-state index in [2.05, 4.69) is 11.8 Å². The SMILES string of the molecule is CCCC(C(=O)O)N1CCCC1C1CCCC1. The summed E-state index contributed by atoms with van der Waals surface area (Å²) in [6.07, 6.45) is 9.51. The van der Waals surface area contributed by atoms with Crippen LogP contribution in [0.4, 0.5) is 0 Å². The van der Waals surface area contributed by atoms with Crippen LogP contribution in [0.15, 0.2) is 0 Å². The van der Waals surface area contributed by atoms with Crippen molar-refractivity contribution in [1.29, 1.82) is 0 Å². The van der Waals surface area contributed by atoms with Gasteiger partial charge in [-0.2, -0.15) is 0 Å². The van der Waals surface area contributed by atoms with Gasteiger partial charge < -0.3 is 5.11 Å². The lowest BCUT2D eigenvalue weighted by Crippen LogP contribution is -2.46. The molecule has 0 amide bonds. The maximum atomic E-state index is 11.4. The molecule has 98 valence electrons. The first-order valence-electron chi connectivity index (χ1n) is 7.22. The van der Waals surface area contributed by atoms with Crippen LogP contribution in [0.1, 0.15) is 58.3 Å². The highest BCUT2D eigenvalue weighted by atomic mass is 16.4. The smallest absolute Gasteiger partial charge is 0.320 e. The Labute approximate surface area is 104 Å². The van der Waals surface area contributed by atoms with Crippen molar-refractivity contribution in [3.63, 3.8) is 0 Å². The summed E-state index contributed by atoms with van der Waals surface area (Å²) in [5.41, 5.74) is 0. The van der Waals surface area contributed by atoms with Crippen molar-refractivity contribution in [3.8, 4) is 0 Å². The minimum Gasteiger partial charge on any atom is -0.480 e. The monoisotopic (exact) mass is 239 g/mol. The van der Waals surface area contributed by atoms with E-state index in [1.165, 1.54) is 38.5 Å². The van der Waals surface area contributed by atoms with Gasteiger partial charge >= 0.3 is 5.97 Å². The molecule has 2 rings (SSSR count). The number of carboxylic acids is 1. The number of nitrogens with zero attached hydrogens (tertiary/aromatic N) is 1. The number of hydrogen-bond acceptors (Lipinski definition) is 2. The highest BCUT2D eigenvalue weighted by molar-refractivity contribution is 5.73. The summed E-state index contributed by atoms with van der Waals surface area (Å²) in [5.74, 6) is 0.160. The molecular weight excluding hydrogens is 214 g/mol. The molecule has 2 fully saturated rings. The summed E-state index contributed by atoms with van der Waals surface area (Å²) in [6.45, 7) is 3.08. The van der Waals surface area contributed by atoms with Gasteiger partial charge in [-0.05, 0) is 44.6 Å². The Balaban J connectivity index is 2.03. The third-order valence-electron chi connectivity index (χ3n) is 4.53. The minimum atomic E-state index is -0.614. The molecular formula is C14H25NO2. The number of rotatable bonds is 5. The highest BCUT2D eigenvalue weighted by Crippen LogP contribution is 2.36. The minimum absolute atomic E-state index is 0.229. The summed E-state index contributed by atoms with van der Waals surface area (Å²) in [6, 6.07) is 0.332. The van der Waals surface area contributed by atoms with Crippen LogP contribution in [-0.2, 0) is 4.79 Å². The lowest BCUT2D eigenvalue weighted by Gasteiger charge is -2.33. The predicted molar refractivity (Wildman–Crippen MR) is 68.0 cm³/mol. The molecule has 1 heterocycles. The van der Waals surface area contributed by atoms with Crippen LogP contribution in [0, 0.1) is 5.92 Å². The Bertz CT molecular complexity index is 261. The molecule has 1 N–H and O–H groups in total. The van der Waals surface area contributed by atoms with Gasteiger partial charge in [0.15, 0.2) is 0 Å². The molecule has 0 spiro atoms. The first-order valence-corrected chi connectivity index (χ1v) is 7.22. The Morgan fingerprint density at radius 3 is 2.59 bits per heavy atom. The van der Waals surface area contributed by atoms with E-state index in [0.29, 0.717) is 6.04 Å². The average molecular weight is 239 g/mol. The van der Waals surface area contributed by atoms with E-state index >= 15 is 0 Å². The zero-order valence-electron chi connectivity index (χ0n) is 10.9. The van der Waals surface area contributed by atoms with Crippen molar-refractivity contribution in [2.75, 3.05) is 6.54 Å². The first-order chi connectivity index (χ1) is 8.24. The van der Waals surface area contributed by atoms with E-state index in [0.717, 1.165) is 25.3 Å². The van der Waals surface area contributed by atoms with Crippen molar-refractivity contribution in [3.05, 3.63) is 0 Å². The zero-order chi connectivity index (χ0) is 12.3. The predicted octanol–water partition coefficient (Wildman–Crippen LogP) is 2.89. The quantitative estimate of drug-likeness (QED) is 0.802. The van der Waals surface area contributed by atoms with Crippen molar-refractivity contribution in [2.45, 2.75) is 70.4 Å². The molecule has 1 aliphatic heterocycles. The van der Waals surface area contributed by atoms with E-state index in [-0.39, 0.29) is 6.04 Å². The van der Waals surface area contributed by atoms with Gasteiger partial charge in [-0.15, -0.1) is 0 Å². The number of likely N-dealkylation sites (tertiary alicyclic amines) is 1. The summed E-state index contributed by atoms with van der Waals surface area (Å²) in [7, 11) is 0. The van der Waals surface area contributed by atoms with Gasteiger partial charge in [0.2, 0.25) is 0 Å². The number of aliphatic carboxylic acids is 1. The van der Waals surface area contributed by atoms with E-state index in [9.17, 15) is 9.90 Å². The van der Waals surface area contributed by atoms with Crippen LogP contribution in [0.5, 0.6) is 0 Å². The van der Waals surface area contributed by atoms with Crippen molar-refractivity contribution in [2.24, 2.45) is 5.92 Å². The van der Waals surface area contributed by atoms with Gasteiger partial charge in [0, 0.05) is 6.04 Å². The lowest BCUT2D eigenvalue weighted by molar-refractivity contribution is -0.144. The number of hydrogen-bond donors (Lipinski definition) is 1. The van der Waals surface area contributed by atoms with Crippen LogP contribution >= 0.6 is 0 Å². The molecule has 1 saturated carbocycles. The molecule has 2 unspecified atom stereocenters. The fourth-order valence-corrected chi connectivity index (χ4v) is 3.75. The van der Waals surface area contributed by atoms with Gasteiger partial charge in [0.25, 0.3) is 0 Å². The van der Waals surface area contributed by atoms with E-state index in [4.69, 9.17) is 0 Å². The first kappa shape index (κ1) is 12.9. The van der Waals surface area contributed by atoms with Crippen LogP contribution in [0.2, 0.25) is 0 Å². The second kappa shape index (κ2) is 5.85. The Morgan fingerprint density at radius 2 is 2.00 bits per heavy atom. The maximum absolute atomic E-state index is 11.4. The standard InChI is InChI=1S/C14H25NO2/c1-2-6-13(14(16)17)15-10-5-9-12(15)11-7-3-4-8-11/h11-13H,2-10H2,1H3,(H,16,17). The van der Waals surface area contributed by atoms with Crippen LogP contribution in [-0.4, -0.2) is 34.6 Å². The summed E-state index contributed by atoms with van der Waals surface area (Å²) in [4.78, 5) is 13.7. The summed E-state index contributed by atoms with van der Waals surface area (Å²) >= 11 is 0. The molecule has 0 radical (unpaired) electrons. The molecule has 1 aliphatic carbocycles. The third kappa shape index (κ3) is 2.82. The van der Waals surface area contributed by atoms with E-state index in [1.54, 1.807) is 0 Å². The van der Waals surface area contributed by atoms with E-state index < -0.39 is 5.97 Å². The molecule has 2 aliphatic rings. The molecule has 0 aromatic rings. The fraction of sp³-hybridized carbons (Fsp3) is 0.929. The van der Waals surface area contributed by atoms with Crippen molar-refractivity contribution < 1.29 is 9.90 Å². The van der Waals surface area contributed by atoms with Gasteiger partial charge in [-0.1, -0.05) is 26.2 Å². The van der Waals surface area contributed by atoms with Gasteiger partial charge in [0.05, 0.1) is 0 Å². The van der Waals surface area contributed by atoms with Crippen LogP contribution in [0.3, 0.4) is 0 Å². The zero-order valence-corrected chi connectivity index (χ0v) is 10.9. The molecule has 1 saturated heterocycles. The molecule has 2 atom stereocenters. The Hall–Kier alpha value is -0.570. The average Bonchev–Trinajstić information content (AvgIpc) is 2.95. The van der Waals surface area contributed by atoms with E-state index in [1.807, 2.05) is 0 Å². The topological polar surface area (TPSA) is 40.5 Å². The number of carbonyl (C=O) groups is 1. The molecule has 3 nitrogen and oxygen atoms in total. The Morgan fingerprint density at radius 1 is 1.29 bits per heavy atom. The maximum Gasteiger partial charge on any atom is 0.320 e. The van der Waals surface area contributed by atoms with Crippen molar-refractivity contribution in [1.82, 2.24) is 4.90 Å². The molecule has 17 heavy (non-hydrogen) atoms. The fourth-order valence-electron chi connectivity index (χ4n) is 3.75. The normalized spacial score (nSPS) is 28.6.